The minimum Gasteiger partial charge on any atom is -0.348 e. The molecule has 0 radical (unpaired) electrons. The van der Waals surface area contributed by atoms with Crippen LogP contribution in [0.15, 0.2) is 18.2 Å². The van der Waals surface area contributed by atoms with Crippen LogP contribution in [0.3, 0.4) is 0 Å². The monoisotopic (exact) mass is 227 g/mol. The number of fused-ring (bicyclic) bond motifs is 1. The van der Waals surface area contributed by atoms with Gasteiger partial charge in [0, 0.05) is 23.4 Å². The lowest BCUT2D eigenvalue weighted by Gasteiger charge is -2.01. The van der Waals surface area contributed by atoms with Gasteiger partial charge in [0.15, 0.2) is 0 Å². The molecule has 86 valence electrons. The molecule has 0 fully saturated rings. The zero-order valence-electron chi connectivity index (χ0n) is 9.79. The standard InChI is InChI=1S/C13H13N3O/c1-7-12(16-8(2)15-7)9-3-4-10-6-14-13(17)11(10)5-9/h3-5H,6H2,1-2H3,(H,14,17)(H,15,16). The fraction of sp³-hybridized carbons (Fsp3) is 0.231. The minimum absolute atomic E-state index is 0.00626. The molecule has 0 atom stereocenters. The number of carbonyl (C=O) groups is 1. The molecule has 1 aliphatic rings. The molecule has 0 bridgehead atoms. The maximum absolute atomic E-state index is 11.6. The van der Waals surface area contributed by atoms with Gasteiger partial charge in [-0.3, -0.25) is 4.79 Å². The Labute approximate surface area is 99.1 Å². The number of amides is 1. The van der Waals surface area contributed by atoms with E-state index >= 15 is 0 Å². The number of nitrogens with one attached hydrogen (secondary N) is 2. The van der Waals surface area contributed by atoms with E-state index < -0.39 is 0 Å². The van der Waals surface area contributed by atoms with E-state index in [1.807, 2.05) is 32.0 Å². The van der Waals surface area contributed by atoms with E-state index in [-0.39, 0.29) is 5.91 Å². The Hall–Kier alpha value is -2.10. The third-order valence-electron chi connectivity index (χ3n) is 3.07. The molecular weight excluding hydrogens is 214 g/mol. The summed E-state index contributed by atoms with van der Waals surface area (Å²) in [5.41, 5.74) is 4.76. The van der Waals surface area contributed by atoms with Crippen LogP contribution >= 0.6 is 0 Å². The number of nitrogens with zero attached hydrogens (tertiary/aromatic N) is 1. The summed E-state index contributed by atoms with van der Waals surface area (Å²) in [4.78, 5) is 19.2. The van der Waals surface area contributed by atoms with Crippen LogP contribution in [-0.2, 0) is 6.54 Å². The fourth-order valence-corrected chi connectivity index (χ4v) is 2.25. The van der Waals surface area contributed by atoms with Crippen LogP contribution in [0, 0.1) is 13.8 Å². The van der Waals surface area contributed by atoms with Gasteiger partial charge in [0.1, 0.15) is 5.82 Å². The maximum atomic E-state index is 11.6. The molecule has 0 spiro atoms. The van der Waals surface area contributed by atoms with Crippen molar-refractivity contribution in [1.29, 1.82) is 0 Å². The SMILES string of the molecule is Cc1nc(-c2ccc3c(c2)C(=O)NC3)c(C)[nH]1. The Balaban J connectivity index is 2.14. The van der Waals surface area contributed by atoms with Crippen molar-refractivity contribution >= 4 is 5.91 Å². The summed E-state index contributed by atoms with van der Waals surface area (Å²) in [5.74, 6) is 0.897. The van der Waals surface area contributed by atoms with Gasteiger partial charge >= 0.3 is 0 Å². The summed E-state index contributed by atoms with van der Waals surface area (Å²) < 4.78 is 0. The fourth-order valence-electron chi connectivity index (χ4n) is 2.25. The average molecular weight is 227 g/mol. The van der Waals surface area contributed by atoms with E-state index in [1.165, 1.54) is 0 Å². The average Bonchev–Trinajstić information content (AvgIpc) is 2.83. The van der Waals surface area contributed by atoms with Crippen molar-refractivity contribution in [1.82, 2.24) is 15.3 Å². The first-order valence-corrected chi connectivity index (χ1v) is 5.60. The number of aryl methyl sites for hydroxylation is 2. The molecule has 3 rings (SSSR count). The van der Waals surface area contributed by atoms with Gasteiger partial charge in [-0.15, -0.1) is 0 Å². The number of carbonyl (C=O) groups excluding carboxylic acids is 1. The van der Waals surface area contributed by atoms with Gasteiger partial charge in [0.05, 0.1) is 5.69 Å². The van der Waals surface area contributed by atoms with Crippen LogP contribution in [-0.4, -0.2) is 15.9 Å². The molecule has 2 aromatic rings. The Morgan fingerprint density at radius 3 is 2.82 bits per heavy atom. The van der Waals surface area contributed by atoms with Gasteiger partial charge in [-0.25, -0.2) is 4.98 Å². The summed E-state index contributed by atoms with van der Waals surface area (Å²) in [7, 11) is 0. The van der Waals surface area contributed by atoms with E-state index in [1.54, 1.807) is 0 Å². The van der Waals surface area contributed by atoms with Crippen molar-refractivity contribution < 1.29 is 4.79 Å². The largest absolute Gasteiger partial charge is 0.348 e. The van der Waals surface area contributed by atoms with E-state index in [0.29, 0.717) is 6.54 Å². The molecule has 1 aliphatic heterocycles. The van der Waals surface area contributed by atoms with Gasteiger partial charge in [0.25, 0.3) is 5.91 Å². The van der Waals surface area contributed by atoms with Crippen molar-refractivity contribution in [2.45, 2.75) is 20.4 Å². The number of benzene rings is 1. The molecule has 0 saturated carbocycles. The summed E-state index contributed by atoms with van der Waals surface area (Å²) in [6.45, 7) is 4.55. The Morgan fingerprint density at radius 1 is 1.29 bits per heavy atom. The van der Waals surface area contributed by atoms with Gasteiger partial charge in [-0.05, 0) is 25.5 Å². The van der Waals surface area contributed by atoms with Gasteiger partial charge in [0.2, 0.25) is 0 Å². The van der Waals surface area contributed by atoms with E-state index in [4.69, 9.17) is 0 Å². The molecule has 0 unspecified atom stereocenters. The third-order valence-corrected chi connectivity index (χ3v) is 3.07. The van der Waals surface area contributed by atoms with Crippen molar-refractivity contribution in [3.05, 3.63) is 40.8 Å². The van der Waals surface area contributed by atoms with Crippen LogP contribution in [0.4, 0.5) is 0 Å². The molecular formula is C13H13N3O. The maximum Gasteiger partial charge on any atom is 0.251 e. The highest BCUT2D eigenvalue weighted by Crippen LogP contribution is 2.25. The molecule has 2 N–H and O–H groups in total. The van der Waals surface area contributed by atoms with Crippen LogP contribution in [0.2, 0.25) is 0 Å². The minimum atomic E-state index is 0.00626. The van der Waals surface area contributed by atoms with Gasteiger partial charge < -0.3 is 10.3 Å². The molecule has 1 aromatic carbocycles. The van der Waals surface area contributed by atoms with Crippen molar-refractivity contribution in [2.24, 2.45) is 0 Å². The highest BCUT2D eigenvalue weighted by atomic mass is 16.1. The zero-order chi connectivity index (χ0) is 12.0. The molecule has 2 heterocycles. The van der Waals surface area contributed by atoms with E-state index in [0.717, 1.165) is 33.9 Å². The lowest BCUT2D eigenvalue weighted by atomic mass is 10.0. The van der Waals surface area contributed by atoms with Crippen LogP contribution < -0.4 is 5.32 Å². The molecule has 4 nitrogen and oxygen atoms in total. The van der Waals surface area contributed by atoms with Crippen molar-refractivity contribution in [2.75, 3.05) is 0 Å². The van der Waals surface area contributed by atoms with Gasteiger partial charge in [-0.2, -0.15) is 0 Å². The number of hydrogen-bond acceptors (Lipinski definition) is 2. The summed E-state index contributed by atoms with van der Waals surface area (Å²) in [5, 5.41) is 2.82. The third kappa shape index (κ3) is 1.53. The van der Waals surface area contributed by atoms with E-state index in [9.17, 15) is 4.79 Å². The first-order chi connectivity index (χ1) is 8.15. The molecule has 1 amide bonds. The van der Waals surface area contributed by atoms with Crippen LogP contribution in [0.5, 0.6) is 0 Å². The first kappa shape index (κ1) is 10.1. The summed E-state index contributed by atoms with van der Waals surface area (Å²) in [6.07, 6.45) is 0. The molecule has 17 heavy (non-hydrogen) atoms. The summed E-state index contributed by atoms with van der Waals surface area (Å²) in [6, 6.07) is 5.92. The second kappa shape index (κ2) is 3.45. The highest BCUT2D eigenvalue weighted by molar-refractivity contribution is 5.99. The topological polar surface area (TPSA) is 57.8 Å². The Morgan fingerprint density at radius 2 is 2.12 bits per heavy atom. The predicted octanol–water partition coefficient (Wildman–Crippen LogP) is 1.94. The lowest BCUT2D eigenvalue weighted by molar-refractivity contribution is 0.0966. The highest BCUT2D eigenvalue weighted by Gasteiger charge is 2.19. The normalized spacial score (nSPS) is 13.6. The number of imidazole rings is 1. The number of rotatable bonds is 1. The Bertz CT molecular complexity index is 613. The second-order valence-electron chi connectivity index (χ2n) is 4.35. The molecule has 0 aliphatic carbocycles. The molecule has 0 saturated heterocycles. The van der Waals surface area contributed by atoms with Crippen molar-refractivity contribution in [3.63, 3.8) is 0 Å². The number of aromatic nitrogens is 2. The molecule has 4 heteroatoms. The summed E-state index contributed by atoms with van der Waals surface area (Å²) >= 11 is 0. The second-order valence-corrected chi connectivity index (χ2v) is 4.35. The molecule has 1 aromatic heterocycles. The van der Waals surface area contributed by atoms with Crippen molar-refractivity contribution in [3.8, 4) is 11.3 Å². The number of aromatic amines is 1. The smallest absolute Gasteiger partial charge is 0.251 e. The first-order valence-electron chi connectivity index (χ1n) is 5.60. The number of hydrogen-bond donors (Lipinski definition) is 2. The number of H-pyrrole nitrogens is 1. The van der Waals surface area contributed by atoms with Crippen LogP contribution in [0.25, 0.3) is 11.3 Å². The quantitative estimate of drug-likeness (QED) is 0.782. The van der Waals surface area contributed by atoms with Gasteiger partial charge in [-0.1, -0.05) is 12.1 Å². The Kier molecular flexibility index (Phi) is 2.04. The zero-order valence-corrected chi connectivity index (χ0v) is 9.79. The van der Waals surface area contributed by atoms with E-state index in [2.05, 4.69) is 15.3 Å². The lowest BCUT2D eigenvalue weighted by Crippen LogP contribution is -2.12. The van der Waals surface area contributed by atoms with Crippen LogP contribution in [0.1, 0.15) is 27.4 Å². The predicted molar refractivity (Wildman–Crippen MR) is 64.7 cm³/mol.